The van der Waals surface area contributed by atoms with E-state index in [1.165, 1.54) is 18.6 Å². The molecule has 2 bridgehead atoms. The third-order valence-corrected chi connectivity index (χ3v) is 7.67. The molecule has 0 amide bonds. The maximum Gasteiger partial charge on any atom is 0.335 e. The Morgan fingerprint density at radius 3 is 2.52 bits per heavy atom. The zero-order valence-electron chi connectivity index (χ0n) is 20.0. The number of ether oxygens (including phenoxy) is 3. The summed E-state index contributed by atoms with van der Waals surface area (Å²) in [7, 11) is 0. The van der Waals surface area contributed by atoms with Gasteiger partial charge in [-0.2, -0.15) is 0 Å². The van der Waals surface area contributed by atoms with Crippen LogP contribution in [0.2, 0.25) is 0 Å². The van der Waals surface area contributed by atoms with E-state index in [1.807, 2.05) is 51.1 Å². The number of hydrogen-bond donors (Lipinski definition) is 1. The number of fused-ring (bicyclic) bond motifs is 4. The zero-order valence-corrected chi connectivity index (χ0v) is 20.0. The normalized spacial score (nSPS) is 34.0. The number of rotatable bonds is 6. The van der Waals surface area contributed by atoms with Gasteiger partial charge in [-0.3, -0.25) is 0 Å². The Bertz CT molecular complexity index is 978. The molecule has 0 saturated carbocycles. The molecule has 1 aromatic carbocycles. The Morgan fingerprint density at radius 2 is 1.88 bits per heavy atom. The van der Waals surface area contributed by atoms with Crippen LogP contribution in [0.25, 0.3) is 6.08 Å². The predicted molar refractivity (Wildman–Crippen MR) is 124 cm³/mol. The molecule has 2 heterocycles. The maximum atomic E-state index is 12.9. The minimum atomic E-state index is -1.21. The van der Waals surface area contributed by atoms with Crippen LogP contribution in [0.15, 0.2) is 47.6 Å². The fraction of sp³-hybridized carbons (Fsp3) is 0.556. The first kappa shape index (κ1) is 23.7. The van der Waals surface area contributed by atoms with E-state index < -0.39 is 41.5 Å². The van der Waals surface area contributed by atoms with E-state index in [-0.39, 0.29) is 11.8 Å². The third kappa shape index (κ3) is 4.04. The lowest BCUT2D eigenvalue weighted by molar-refractivity contribution is -0.223. The van der Waals surface area contributed by atoms with Crippen molar-refractivity contribution < 1.29 is 28.9 Å². The molecular formula is C27H34O6. The van der Waals surface area contributed by atoms with E-state index in [4.69, 9.17) is 14.2 Å². The minimum absolute atomic E-state index is 0.00447. The second-order valence-corrected chi connectivity index (χ2v) is 10.1. The molecule has 4 rings (SSSR count). The Hall–Kier alpha value is -2.44. The number of esters is 2. The first-order chi connectivity index (χ1) is 15.6. The molecule has 2 fully saturated rings. The van der Waals surface area contributed by atoms with Gasteiger partial charge < -0.3 is 19.3 Å². The minimum Gasteiger partial charge on any atom is -0.457 e. The molecule has 1 aliphatic carbocycles. The number of carbonyl (C=O) groups is 2. The highest BCUT2D eigenvalue weighted by Gasteiger charge is 2.70. The van der Waals surface area contributed by atoms with Crippen LogP contribution in [-0.2, 0) is 23.8 Å². The lowest BCUT2D eigenvalue weighted by Gasteiger charge is -2.50. The number of allylic oxidation sites excluding steroid dienone is 1. The summed E-state index contributed by atoms with van der Waals surface area (Å²) in [6, 6.07) is 9.60. The lowest BCUT2D eigenvalue weighted by Crippen LogP contribution is -2.58. The van der Waals surface area contributed by atoms with Gasteiger partial charge in [0.2, 0.25) is 0 Å². The smallest absolute Gasteiger partial charge is 0.335 e. The van der Waals surface area contributed by atoms with Gasteiger partial charge in [0.05, 0.1) is 0 Å². The van der Waals surface area contributed by atoms with Crippen molar-refractivity contribution in [1.82, 2.24) is 0 Å². The topological polar surface area (TPSA) is 82.1 Å². The lowest BCUT2D eigenvalue weighted by atomic mass is 9.74. The summed E-state index contributed by atoms with van der Waals surface area (Å²) in [5, 5.41) is 9.73. The Balaban J connectivity index is 1.68. The summed E-state index contributed by atoms with van der Waals surface area (Å²) in [5.41, 5.74) is 1.69. The first-order valence-corrected chi connectivity index (χ1v) is 11.8. The van der Waals surface area contributed by atoms with Crippen LogP contribution in [0, 0.1) is 11.8 Å². The molecule has 6 heteroatoms. The van der Waals surface area contributed by atoms with E-state index in [0.29, 0.717) is 6.42 Å². The summed E-state index contributed by atoms with van der Waals surface area (Å²) >= 11 is 0. The number of hydrogen-bond acceptors (Lipinski definition) is 6. The molecule has 178 valence electrons. The molecule has 1 N–H and O–H groups in total. The van der Waals surface area contributed by atoms with Crippen molar-refractivity contribution in [2.24, 2.45) is 11.8 Å². The second kappa shape index (κ2) is 8.73. The summed E-state index contributed by atoms with van der Waals surface area (Å²) in [6.07, 6.45) is 3.05. The average Bonchev–Trinajstić information content (AvgIpc) is 3.28. The van der Waals surface area contributed by atoms with Gasteiger partial charge in [0.15, 0.2) is 6.10 Å². The fourth-order valence-electron chi connectivity index (χ4n) is 5.79. The summed E-state index contributed by atoms with van der Waals surface area (Å²) < 4.78 is 18.7. The third-order valence-electron chi connectivity index (χ3n) is 7.67. The van der Waals surface area contributed by atoms with E-state index in [2.05, 4.69) is 6.92 Å². The van der Waals surface area contributed by atoms with Crippen LogP contribution in [0.5, 0.6) is 0 Å². The molecule has 2 saturated heterocycles. The zero-order chi connectivity index (χ0) is 24.0. The summed E-state index contributed by atoms with van der Waals surface area (Å²) in [4.78, 5) is 25.2. The van der Waals surface area contributed by atoms with Crippen LogP contribution in [0.3, 0.4) is 0 Å². The Kier molecular flexibility index (Phi) is 6.27. The number of aliphatic hydroxyl groups is 1. The highest BCUT2D eigenvalue weighted by Crippen LogP contribution is 2.61. The fourth-order valence-corrected chi connectivity index (χ4v) is 5.79. The van der Waals surface area contributed by atoms with Crippen molar-refractivity contribution in [3.8, 4) is 0 Å². The van der Waals surface area contributed by atoms with Crippen LogP contribution in [-0.4, -0.2) is 46.6 Å². The van der Waals surface area contributed by atoms with Crippen molar-refractivity contribution in [2.45, 2.75) is 83.4 Å². The number of aliphatic hydroxyl groups excluding tert-OH is 1. The van der Waals surface area contributed by atoms with Crippen molar-refractivity contribution >= 4 is 18.0 Å². The van der Waals surface area contributed by atoms with E-state index in [1.54, 1.807) is 6.08 Å². The molecule has 1 aromatic rings. The molecule has 0 spiro atoms. The predicted octanol–water partition coefficient (Wildman–Crippen LogP) is 4.22. The van der Waals surface area contributed by atoms with Gasteiger partial charge in [0.25, 0.3) is 0 Å². The van der Waals surface area contributed by atoms with Gasteiger partial charge in [0, 0.05) is 18.4 Å². The van der Waals surface area contributed by atoms with E-state index in [0.717, 1.165) is 24.0 Å². The van der Waals surface area contributed by atoms with Crippen LogP contribution in [0.1, 0.15) is 59.4 Å². The van der Waals surface area contributed by atoms with Gasteiger partial charge in [0.1, 0.15) is 23.4 Å². The number of carbonyl (C=O) groups excluding carboxylic acids is 2. The summed E-state index contributed by atoms with van der Waals surface area (Å²) in [6.45, 7) is 9.58. The van der Waals surface area contributed by atoms with Gasteiger partial charge in [-0.05, 0) is 56.7 Å². The monoisotopic (exact) mass is 454 g/mol. The molecule has 6 unspecified atom stereocenters. The van der Waals surface area contributed by atoms with Crippen molar-refractivity contribution in [3.63, 3.8) is 0 Å². The molecule has 3 aliphatic rings. The Labute approximate surface area is 195 Å². The van der Waals surface area contributed by atoms with Crippen molar-refractivity contribution in [2.75, 3.05) is 0 Å². The van der Waals surface area contributed by atoms with Crippen molar-refractivity contribution in [1.29, 1.82) is 0 Å². The quantitative estimate of drug-likeness (QED) is 0.394. The van der Waals surface area contributed by atoms with Gasteiger partial charge in [-0.15, -0.1) is 0 Å². The highest BCUT2D eigenvalue weighted by molar-refractivity contribution is 5.87. The van der Waals surface area contributed by atoms with E-state index >= 15 is 0 Å². The molecule has 33 heavy (non-hydrogen) atoms. The van der Waals surface area contributed by atoms with E-state index in [9.17, 15) is 14.7 Å². The largest absolute Gasteiger partial charge is 0.457 e. The molecule has 6 nitrogen and oxygen atoms in total. The molecule has 6 atom stereocenters. The Morgan fingerprint density at radius 1 is 1.18 bits per heavy atom. The van der Waals surface area contributed by atoms with Gasteiger partial charge in [-0.1, -0.05) is 49.8 Å². The molecular weight excluding hydrogens is 420 g/mol. The molecule has 0 aromatic heterocycles. The van der Waals surface area contributed by atoms with Gasteiger partial charge in [-0.25, -0.2) is 9.59 Å². The molecule has 0 radical (unpaired) electrons. The standard InChI is InChI=1S/C27H34O6/c1-16(2)27-15-21(31-25(30)18(4)28)26(5,33-27)20-13-11-17(3)23(20)24(27)32-22(29)14-12-19-9-7-6-8-10-19/h6-10,12,14,16,18,20-21,24,28H,11,13,15H2,1-5H3/b14-12+. The van der Waals surface area contributed by atoms with Crippen molar-refractivity contribution in [3.05, 3.63) is 53.1 Å². The number of benzene rings is 1. The van der Waals surface area contributed by atoms with Crippen LogP contribution >= 0.6 is 0 Å². The van der Waals surface area contributed by atoms with Crippen LogP contribution < -0.4 is 0 Å². The molecule has 2 aliphatic heterocycles. The average molecular weight is 455 g/mol. The SMILES string of the molecule is CC1=C2C(CC1)C1(C)OC(C(C)C)(CC1OC(=O)C(C)O)C2OC(=O)/C=C/c1ccccc1. The maximum absolute atomic E-state index is 12.9. The first-order valence-electron chi connectivity index (χ1n) is 11.8. The summed E-state index contributed by atoms with van der Waals surface area (Å²) in [5.74, 6) is -1.10. The highest BCUT2D eigenvalue weighted by atomic mass is 16.6. The second-order valence-electron chi connectivity index (χ2n) is 10.1. The van der Waals surface area contributed by atoms with Gasteiger partial charge >= 0.3 is 11.9 Å². The van der Waals surface area contributed by atoms with Crippen LogP contribution in [0.4, 0.5) is 0 Å².